The second-order valence-electron chi connectivity index (χ2n) is 15.1. The zero-order valence-electron chi connectivity index (χ0n) is 29.2. The number of hydrogen-bond donors (Lipinski definition) is 5. The van der Waals surface area contributed by atoms with Crippen LogP contribution in [0.5, 0.6) is 0 Å². The van der Waals surface area contributed by atoms with Gasteiger partial charge in [-0.1, -0.05) is 58.4 Å². The molecule has 0 spiro atoms. The van der Waals surface area contributed by atoms with E-state index in [9.17, 15) is 24.3 Å². The largest absolute Gasteiger partial charge is 0.394 e. The van der Waals surface area contributed by atoms with Gasteiger partial charge in [-0.25, -0.2) is 4.79 Å². The Labute approximate surface area is 289 Å². The minimum Gasteiger partial charge on any atom is -0.394 e. The van der Waals surface area contributed by atoms with E-state index < -0.39 is 11.6 Å². The summed E-state index contributed by atoms with van der Waals surface area (Å²) in [5.41, 5.74) is 1.64. The lowest BCUT2D eigenvalue weighted by Gasteiger charge is -2.39. The summed E-state index contributed by atoms with van der Waals surface area (Å²) in [7, 11) is 1.70. The average Bonchev–Trinajstić information content (AvgIpc) is 3.83. The fraction of sp³-hybridized carbons (Fsp3) is 0.649. The predicted molar refractivity (Wildman–Crippen MR) is 186 cm³/mol. The van der Waals surface area contributed by atoms with E-state index in [0.29, 0.717) is 30.8 Å². The van der Waals surface area contributed by atoms with Crippen molar-refractivity contribution in [2.75, 3.05) is 18.5 Å². The number of carbonyl (C=O) groups is 4. The van der Waals surface area contributed by atoms with Crippen LogP contribution >= 0.6 is 0 Å². The van der Waals surface area contributed by atoms with Crippen LogP contribution in [0.3, 0.4) is 0 Å². The highest BCUT2D eigenvalue weighted by atomic mass is 16.3. The molecule has 2 aromatic rings. The van der Waals surface area contributed by atoms with Gasteiger partial charge in [0.1, 0.15) is 17.3 Å². The summed E-state index contributed by atoms with van der Waals surface area (Å²) in [6.07, 6.45) is 12.3. The second kappa shape index (κ2) is 14.9. The zero-order valence-corrected chi connectivity index (χ0v) is 29.2. The van der Waals surface area contributed by atoms with Gasteiger partial charge in [0.05, 0.1) is 18.7 Å². The number of nitrogens with zero attached hydrogens (tertiary/aromatic N) is 3. The Hall–Kier alpha value is -3.93. The third-order valence-corrected chi connectivity index (χ3v) is 11.6. The van der Waals surface area contributed by atoms with Crippen LogP contribution < -0.4 is 21.3 Å². The number of hydrogen-bond acceptors (Lipinski definition) is 6. The van der Waals surface area contributed by atoms with Crippen LogP contribution in [0.25, 0.3) is 0 Å². The molecule has 4 unspecified atom stereocenters. The van der Waals surface area contributed by atoms with Gasteiger partial charge in [0.25, 0.3) is 5.91 Å². The molecule has 1 aromatic heterocycles. The first-order chi connectivity index (χ1) is 23.6. The summed E-state index contributed by atoms with van der Waals surface area (Å²) >= 11 is 0. The maximum Gasteiger partial charge on any atom is 0.318 e. The lowest BCUT2D eigenvalue weighted by atomic mass is 9.83. The van der Waals surface area contributed by atoms with Gasteiger partial charge in [0.15, 0.2) is 0 Å². The molecule has 1 saturated heterocycles. The van der Waals surface area contributed by atoms with E-state index in [2.05, 4.69) is 40.2 Å². The lowest BCUT2D eigenvalue weighted by molar-refractivity contribution is -0.133. The quantitative estimate of drug-likeness (QED) is 0.245. The van der Waals surface area contributed by atoms with Gasteiger partial charge in [0.2, 0.25) is 11.8 Å². The highest BCUT2D eigenvalue weighted by molar-refractivity contribution is 6.01. The van der Waals surface area contributed by atoms with Crippen LogP contribution in [0.15, 0.2) is 30.5 Å². The minimum atomic E-state index is -1.16. The second-order valence-corrected chi connectivity index (χ2v) is 15.1. The molecule has 2 heterocycles. The van der Waals surface area contributed by atoms with Crippen LogP contribution in [0.1, 0.15) is 99.7 Å². The van der Waals surface area contributed by atoms with Crippen LogP contribution in [0.4, 0.5) is 10.5 Å². The van der Waals surface area contributed by atoms with E-state index in [1.165, 1.54) is 11.1 Å². The van der Waals surface area contributed by atoms with Gasteiger partial charge in [-0.05, 0) is 72.8 Å². The van der Waals surface area contributed by atoms with Crippen LogP contribution in [0.2, 0.25) is 0 Å². The molecule has 12 nitrogen and oxygen atoms in total. The van der Waals surface area contributed by atoms with Crippen LogP contribution in [0, 0.1) is 17.8 Å². The van der Waals surface area contributed by atoms with E-state index in [-0.39, 0.29) is 60.2 Å². The molecule has 1 aliphatic heterocycles. The third-order valence-electron chi connectivity index (χ3n) is 11.6. The third kappa shape index (κ3) is 7.34. The number of aliphatic hydroxyl groups excluding tert-OH is 1. The molecule has 5 amide bonds. The Morgan fingerprint density at radius 2 is 1.63 bits per heavy atom. The Balaban J connectivity index is 1.23. The number of fused-ring (bicyclic) bond motifs is 1. The van der Waals surface area contributed by atoms with Crippen molar-refractivity contribution in [3.63, 3.8) is 0 Å². The number of nitrogens with one attached hydrogen (secondary N) is 4. The van der Waals surface area contributed by atoms with Crippen molar-refractivity contribution in [2.45, 2.75) is 115 Å². The summed E-state index contributed by atoms with van der Waals surface area (Å²) in [6.45, 7) is 4.39. The fourth-order valence-electron chi connectivity index (χ4n) is 8.56. The van der Waals surface area contributed by atoms with Crippen molar-refractivity contribution in [3.05, 3.63) is 47.3 Å². The monoisotopic (exact) mass is 675 g/mol. The lowest BCUT2D eigenvalue weighted by Crippen LogP contribution is -2.63. The summed E-state index contributed by atoms with van der Waals surface area (Å²) in [4.78, 5) is 56.8. The first-order valence-electron chi connectivity index (χ1n) is 18.3. The molecule has 4 aliphatic rings. The minimum absolute atomic E-state index is 0.0166. The van der Waals surface area contributed by atoms with Crippen LogP contribution in [-0.2, 0) is 29.5 Å². The van der Waals surface area contributed by atoms with E-state index in [0.717, 1.165) is 68.9 Å². The molecule has 266 valence electrons. The van der Waals surface area contributed by atoms with E-state index in [1.54, 1.807) is 24.2 Å². The van der Waals surface area contributed by atoms with Crippen molar-refractivity contribution < 1.29 is 24.3 Å². The van der Waals surface area contributed by atoms with E-state index in [1.807, 2.05) is 18.2 Å². The summed E-state index contributed by atoms with van der Waals surface area (Å²) in [5, 5.41) is 26.8. The van der Waals surface area contributed by atoms with Gasteiger partial charge < -0.3 is 31.3 Å². The van der Waals surface area contributed by atoms with Crippen LogP contribution in [-0.4, -0.2) is 80.4 Å². The number of anilines is 1. The molecule has 5 N–H and O–H groups in total. The van der Waals surface area contributed by atoms with E-state index in [4.69, 9.17) is 0 Å². The molecule has 3 fully saturated rings. The fourth-order valence-corrected chi connectivity index (χ4v) is 8.56. The molecule has 0 radical (unpaired) electrons. The van der Waals surface area contributed by atoms with Crippen molar-refractivity contribution in [1.29, 1.82) is 0 Å². The first kappa shape index (κ1) is 34.9. The average molecular weight is 676 g/mol. The van der Waals surface area contributed by atoms with Gasteiger partial charge in [0, 0.05) is 38.3 Å². The maximum atomic E-state index is 14.4. The number of amides is 5. The molecule has 6 rings (SSSR count). The van der Waals surface area contributed by atoms with Crippen molar-refractivity contribution in [3.8, 4) is 0 Å². The molecular formula is C37H53N7O5. The number of aliphatic hydroxyl groups is 1. The highest BCUT2D eigenvalue weighted by Crippen LogP contribution is 2.39. The molecule has 4 atom stereocenters. The standard InChI is InChI=1S/C37H53N7O5/c1-23(2)29-21-44(36(49)41-29)37(35(48)40-30(22-45)24-10-6-4-7-11-24)19-26-14-15-28(18-27(26)20-37)39-34(47)32(25-12-8-5-9-13-25)42-33(46)31-16-17-38-43(31)3/h14-18,23-25,29-30,32,45H,4-13,19-22H2,1-3H3,(H,39,47)(H,40,48)(H,41,49)(H,42,46). The molecule has 3 aliphatic carbocycles. The van der Waals surface area contributed by atoms with Crippen molar-refractivity contribution in [1.82, 2.24) is 30.6 Å². The predicted octanol–water partition coefficient (Wildman–Crippen LogP) is 3.68. The Morgan fingerprint density at radius 1 is 0.959 bits per heavy atom. The van der Waals surface area contributed by atoms with E-state index >= 15 is 0 Å². The number of carbonyl (C=O) groups excluding carboxylic acids is 4. The van der Waals surface area contributed by atoms with Crippen molar-refractivity contribution >= 4 is 29.4 Å². The topological polar surface area (TPSA) is 158 Å². The number of aryl methyl sites for hydroxylation is 1. The van der Waals surface area contributed by atoms with Crippen molar-refractivity contribution in [2.24, 2.45) is 24.8 Å². The molecule has 0 bridgehead atoms. The van der Waals surface area contributed by atoms with Gasteiger partial charge >= 0.3 is 6.03 Å². The zero-order chi connectivity index (χ0) is 34.7. The molecule has 49 heavy (non-hydrogen) atoms. The smallest absolute Gasteiger partial charge is 0.318 e. The SMILES string of the molecule is CC(C)C1CN(C2(C(=O)NC(CO)C3CCCCC3)Cc3ccc(NC(=O)C(NC(=O)c4ccnn4C)C4CCCCC4)cc3C2)C(=O)N1. The normalized spacial score (nSPS) is 24.3. The van der Waals surface area contributed by atoms with Gasteiger partial charge in [-0.3, -0.25) is 19.1 Å². The Bertz CT molecular complexity index is 1530. The number of rotatable bonds is 11. The maximum absolute atomic E-state index is 14.4. The molecular weight excluding hydrogens is 622 g/mol. The molecule has 12 heteroatoms. The highest BCUT2D eigenvalue weighted by Gasteiger charge is 2.54. The number of urea groups is 1. The van der Waals surface area contributed by atoms with Gasteiger partial charge in [-0.15, -0.1) is 0 Å². The van der Waals surface area contributed by atoms with Gasteiger partial charge in [-0.2, -0.15) is 5.10 Å². The Kier molecular flexibility index (Phi) is 10.6. The summed E-state index contributed by atoms with van der Waals surface area (Å²) in [6, 6.07) is 5.89. The molecule has 2 saturated carbocycles. The summed E-state index contributed by atoms with van der Waals surface area (Å²) < 4.78 is 1.50. The Morgan fingerprint density at radius 3 is 2.24 bits per heavy atom. The molecule has 1 aromatic carbocycles. The first-order valence-corrected chi connectivity index (χ1v) is 18.3. The number of aromatic nitrogens is 2. The number of benzene rings is 1. The summed E-state index contributed by atoms with van der Waals surface area (Å²) in [5.74, 6) is -0.439.